The van der Waals surface area contributed by atoms with Gasteiger partial charge < -0.3 is 9.30 Å². The van der Waals surface area contributed by atoms with E-state index in [1.165, 1.54) is 12.8 Å². The molecule has 22 heavy (non-hydrogen) atoms. The maximum absolute atomic E-state index is 12.1. The second-order valence-corrected chi connectivity index (χ2v) is 4.97. The third kappa shape index (κ3) is 3.19. The first-order valence-corrected chi connectivity index (χ1v) is 7.21. The Labute approximate surface area is 130 Å². The summed E-state index contributed by atoms with van der Waals surface area (Å²) in [4.78, 5) is 12.1. The third-order valence-electron chi connectivity index (χ3n) is 3.65. The number of aryl methyl sites for hydroxylation is 1. The summed E-state index contributed by atoms with van der Waals surface area (Å²) in [7, 11) is 1.54. The van der Waals surface area contributed by atoms with Crippen molar-refractivity contribution in [1.82, 2.24) is 9.99 Å². The zero-order valence-corrected chi connectivity index (χ0v) is 13.4. The summed E-state index contributed by atoms with van der Waals surface area (Å²) in [6.07, 6.45) is 1.67. The molecule has 0 radical (unpaired) electrons. The minimum atomic E-state index is -0.294. The quantitative estimate of drug-likeness (QED) is 0.682. The number of hydrazone groups is 1. The van der Waals surface area contributed by atoms with E-state index >= 15 is 0 Å². The molecule has 0 saturated heterocycles. The summed E-state index contributed by atoms with van der Waals surface area (Å²) in [5.74, 6) is 0.234. The molecular weight excluding hydrogens is 278 g/mol. The standard InChI is InChI=1S/C17H21N3O2/c1-5-20-12(2)10-14(13(20)3)11-18-19-17(21)15-8-6-7-9-16(15)22-4/h6-11H,5H2,1-4H3,(H,19,21)/b18-11-. The number of nitrogens with one attached hydrogen (secondary N) is 1. The van der Waals surface area contributed by atoms with Gasteiger partial charge in [-0.1, -0.05) is 12.1 Å². The van der Waals surface area contributed by atoms with Crippen molar-refractivity contribution in [3.63, 3.8) is 0 Å². The van der Waals surface area contributed by atoms with Gasteiger partial charge in [-0.25, -0.2) is 5.43 Å². The normalized spacial score (nSPS) is 10.9. The fourth-order valence-corrected chi connectivity index (χ4v) is 2.50. The maximum Gasteiger partial charge on any atom is 0.275 e. The number of carbonyl (C=O) groups is 1. The predicted octanol–water partition coefficient (Wildman–Crippen LogP) is 2.90. The number of rotatable bonds is 5. The number of ether oxygens (including phenoxy) is 1. The topological polar surface area (TPSA) is 55.6 Å². The SMILES string of the molecule is CCn1c(C)cc(/C=N\NC(=O)c2ccccc2OC)c1C. The van der Waals surface area contributed by atoms with Crippen LogP contribution >= 0.6 is 0 Å². The van der Waals surface area contributed by atoms with Crippen LogP contribution in [0.2, 0.25) is 0 Å². The maximum atomic E-state index is 12.1. The van der Waals surface area contributed by atoms with E-state index in [4.69, 9.17) is 4.74 Å². The van der Waals surface area contributed by atoms with Gasteiger partial charge in [0.2, 0.25) is 0 Å². The highest BCUT2D eigenvalue weighted by molar-refractivity contribution is 5.97. The van der Waals surface area contributed by atoms with Gasteiger partial charge in [-0.3, -0.25) is 4.79 Å². The second-order valence-electron chi connectivity index (χ2n) is 4.97. The van der Waals surface area contributed by atoms with Gasteiger partial charge in [0, 0.05) is 23.5 Å². The van der Waals surface area contributed by atoms with Gasteiger partial charge in [0.15, 0.2) is 0 Å². The van der Waals surface area contributed by atoms with E-state index in [1.807, 2.05) is 13.0 Å². The number of para-hydroxylation sites is 1. The fraction of sp³-hybridized carbons (Fsp3) is 0.294. The van der Waals surface area contributed by atoms with Gasteiger partial charge in [-0.15, -0.1) is 0 Å². The minimum absolute atomic E-state index is 0.294. The molecule has 0 spiro atoms. The highest BCUT2D eigenvalue weighted by Crippen LogP contribution is 2.17. The third-order valence-corrected chi connectivity index (χ3v) is 3.65. The van der Waals surface area contributed by atoms with Crippen LogP contribution < -0.4 is 10.2 Å². The summed E-state index contributed by atoms with van der Waals surface area (Å²) < 4.78 is 7.37. The Balaban J connectivity index is 2.11. The van der Waals surface area contributed by atoms with Crippen LogP contribution in [0.25, 0.3) is 0 Å². The molecule has 116 valence electrons. The fourth-order valence-electron chi connectivity index (χ4n) is 2.50. The van der Waals surface area contributed by atoms with E-state index in [-0.39, 0.29) is 5.91 Å². The summed E-state index contributed by atoms with van der Waals surface area (Å²) in [5.41, 5.74) is 6.31. The van der Waals surface area contributed by atoms with E-state index in [1.54, 1.807) is 24.4 Å². The first-order valence-electron chi connectivity index (χ1n) is 7.21. The molecule has 1 aromatic carbocycles. The molecule has 0 saturated carbocycles. The highest BCUT2D eigenvalue weighted by Gasteiger charge is 2.10. The monoisotopic (exact) mass is 299 g/mol. The lowest BCUT2D eigenvalue weighted by molar-refractivity contribution is 0.0952. The first kappa shape index (κ1) is 15.8. The molecule has 0 aliphatic carbocycles. The van der Waals surface area contributed by atoms with E-state index < -0.39 is 0 Å². The van der Waals surface area contributed by atoms with Crippen LogP contribution in [-0.2, 0) is 6.54 Å². The Hall–Kier alpha value is -2.56. The molecule has 0 unspecified atom stereocenters. The molecule has 0 aliphatic rings. The highest BCUT2D eigenvalue weighted by atomic mass is 16.5. The summed E-state index contributed by atoms with van der Waals surface area (Å²) in [6.45, 7) is 7.12. The molecular formula is C17H21N3O2. The van der Waals surface area contributed by atoms with E-state index in [0.717, 1.165) is 17.8 Å². The molecule has 2 rings (SSSR count). The number of methoxy groups -OCH3 is 1. The number of aromatic nitrogens is 1. The summed E-state index contributed by atoms with van der Waals surface area (Å²) in [6, 6.07) is 9.10. The van der Waals surface area contributed by atoms with E-state index in [9.17, 15) is 4.79 Å². The zero-order chi connectivity index (χ0) is 16.1. The lowest BCUT2D eigenvalue weighted by Gasteiger charge is -2.06. The van der Waals surface area contributed by atoms with Crippen LogP contribution in [0.3, 0.4) is 0 Å². The van der Waals surface area contributed by atoms with Crippen molar-refractivity contribution in [2.24, 2.45) is 5.10 Å². The van der Waals surface area contributed by atoms with Crippen LogP contribution in [0.15, 0.2) is 35.4 Å². The van der Waals surface area contributed by atoms with Crippen LogP contribution in [0, 0.1) is 13.8 Å². The van der Waals surface area contributed by atoms with E-state index in [2.05, 4.69) is 35.0 Å². The smallest absolute Gasteiger partial charge is 0.275 e. The van der Waals surface area contributed by atoms with Crippen molar-refractivity contribution in [3.8, 4) is 5.75 Å². The van der Waals surface area contributed by atoms with Crippen LogP contribution in [-0.4, -0.2) is 23.8 Å². The second kappa shape index (κ2) is 6.93. The number of amides is 1. The van der Waals surface area contributed by atoms with Crippen molar-refractivity contribution >= 4 is 12.1 Å². The largest absolute Gasteiger partial charge is 0.496 e. The Morgan fingerprint density at radius 3 is 2.73 bits per heavy atom. The number of benzene rings is 1. The van der Waals surface area contributed by atoms with Gasteiger partial charge in [0.05, 0.1) is 18.9 Å². The molecule has 0 fully saturated rings. The Morgan fingerprint density at radius 2 is 2.09 bits per heavy atom. The van der Waals surface area contributed by atoms with Gasteiger partial charge in [-0.2, -0.15) is 5.10 Å². The van der Waals surface area contributed by atoms with Crippen LogP contribution in [0.4, 0.5) is 0 Å². The Bertz CT molecular complexity index is 702. The van der Waals surface area contributed by atoms with Crippen molar-refractivity contribution in [2.45, 2.75) is 27.3 Å². The van der Waals surface area contributed by atoms with Crippen molar-refractivity contribution < 1.29 is 9.53 Å². The van der Waals surface area contributed by atoms with Crippen LogP contribution in [0.1, 0.15) is 34.2 Å². The minimum Gasteiger partial charge on any atom is -0.496 e. The molecule has 0 bridgehead atoms. The molecule has 1 aromatic heterocycles. The summed E-state index contributed by atoms with van der Waals surface area (Å²) >= 11 is 0. The van der Waals surface area contributed by atoms with Gasteiger partial charge in [0.1, 0.15) is 5.75 Å². The molecule has 5 nitrogen and oxygen atoms in total. The summed E-state index contributed by atoms with van der Waals surface area (Å²) in [5, 5.41) is 4.05. The molecule has 5 heteroatoms. The first-order chi connectivity index (χ1) is 10.6. The van der Waals surface area contributed by atoms with Crippen LogP contribution in [0.5, 0.6) is 5.75 Å². The molecule has 1 N–H and O–H groups in total. The molecule has 0 atom stereocenters. The predicted molar refractivity (Wildman–Crippen MR) is 87.6 cm³/mol. The zero-order valence-electron chi connectivity index (χ0n) is 13.4. The van der Waals surface area contributed by atoms with Crippen molar-refractivity contribution in [1.29, 1.82) is 0 Å². The lowest BCUT2D eigenvalue weighted by atomic mass is 10.2. The average molecular weight is 299 g/mol. The van der Waals surface area contributed by atoms with E-state index in [0.29, 0.717) is 11.3 Å². The van der Waals surface area contributed by atoms with Crippen molar-refractivity contribution in [2.75, 3.05) is 7.11 Å². The van der Waals surface area contributed by atoms with Crippen molar-refractivity contribution in [3.05, 3.63) is 52.8 Å². The number of hydrogen-bond donors (Lipinski definition) is 1. The van der Waals surface area contributed by atoms with Gasteiger partial charge in [0.25, 0.3) is 5.91 Å². The molecule has 1 heterocycles. The molecule has 2 aromatic rings. The Kier molecular flexibility index (Phi) is 4.99. The number of hydrogen-bond acceptors (Lipinski definition) is 3. The van der Waals surface area contributed by atoms with Gasteiger partial charge >= 0.3 is 0 Å². The Morgan fingerprint density at radius 1 is 1.36 bits per heavy atom. The number of nitrogens with zero attached hydrogens (tertiary/aromatic N) is 2. The average Bonchev–Trinajstić information content (AvgIpc) is 2.80. The molecule has 1 amide bonds. The molecule has 0 aliphatic heterocycles. The lowest BCUT2D eigenvalue weighted by Crippen LogP contribution is -2.18. The van der Waals surface area contributed by atoms with Gasteiger partial charge in [-0.05, 0) is 39.0 Å². The number of carbonyl (C=O) groups excluding carboxylic acids is 1.